The van der Waals surface area contributed by atoms with Crippen molar-refractivity contribution in [1.82, 2.24) is 9.62 Å². The Morgan fingerprint density at radius 2 is 2.25 bits per heavy atom. The molecule has 0 unspecified atom stereocenters. The van der Waals surface area contributed by atoms with E-state index in [0.717, 1.165) is 0 Å². The van der Waals surface area contributed by atoms with E-state index < -0.39 is 10.0 Å². The summed E-state index contributed by atoms with van der Waals surface area (Å²) in [7, 11) is -3.31. The highest BCUT2D eigenvalue weighted by molar-refractivity contribution is 7.91. The second-order valence-electron chi connectivity index (χ2n) is 4.50. The molecule has 0 amide bonds. The number of thiophene rings is 1. The maximum Gasteiger partial charge on any atom is 0.253 e. The number of sulfonamides is 1. The van der Waals surface area contributed by atoms with Crippen LogP contribution < -0.4 is 5.32 Å². The summed E-state index contributed by atoms with van der Waals surface area (Å²) in [5, 5.41) is 5.01. The lowest BCUT2D eigenvalue weighted by atomic mass is 10.0. The van der Waals surface area contributed by atoms with E-state index in [2.05, 4.69) is 5.32 Å². The molecule has 1 fully saturated rings. The SMILES string of the molecule is CC1(C)CNCCN1S(=O)(=O)c1cccs1. The van der Waals surface area contributed by atoms with Crippen molar-refractivity contribution < 1.29 is 8.42 Å². The van der Waals surface area contributed by atoms with Gasteiger partial charge in [0.15, 0.2) is 0 Å². The second-order valence-corrected chi connectivity index (χ2v) is 7.54. The Morgan fingerprint density at radius 3 is 2.81 bits per heavy atom. The van der Waals surface area contributed by atoms with Crippen molar-refractivity contribution >= 4 is 21.4 Å². The molecule has 6 heteroatoms. The Hall–Kier alpha value is -0.430. The second kappa shape index (κ2) is 4.10. The number of rotatable bonds is 2. The summed E-state index contributed by atoms with van der Waals surface area (Å²) in [5.74, 6) is 0. The van der Waals surface area contributed by atoms with Gasteiger partial charge in [0.2, 0.25) is 0 Å². The molecule has 0 saturated carbocycles. The Labute approximate surface area is 100 Å². The first-order valence-corrected chi connectivity index (χ1v) is 7.54. The molecule has 1 aromatic heterocycles. The van der Waals surface area contributed by atoms with Crippen LogP contribution in [0.3, 0.4) is 0 Å². The maximum absolute atomic E-state index is 12.4. The van der Waals surface area contributed by atoms with Crippen molar-refractivity contribution in [3.63, 3.8) is 0 Å². The van der Waals surface area contributed by atoms with E-state index in [9.17, 15) is 8.42 Å². The first-order chi connectivity index (χ1) is 7.44. The average molecular weight is 260 g/mol. The molecule has 2 rings (SSSR count). The zero-order chi connectivity index (χ0) is 11.8. The third kappa shape index (κ3) is 2.02. The van der Waals surface area contributed by atoms with Crippen LogP contribution in [0, 0.1) is 0 Å². The van der Waals surface area contributed by atoms with E-state index in [1.807, 2.05) is 13.8 Å². The predicted octanol–water partition coefficient (Wildman–Crippen LogP) is 1.12. The average Bonchev–Trinajstić information content (AvgIpc) is 2.69. The lowest BCUT2D eigenvalue weighted by molar-refractivity contribution is 0.186. The van der Waals surface area contributed by atoms with E-state index in [0.29, 0.717) is 23.8 Å². The summed E-state index contributed by atoms with van der Waals surface area (Å²) in [6.07, 6.45) is 0. The molecule has 1 aliphatic rings. The Bertz CT molecular complexity index is 451. The fourth-order valence-electron chi connectivity index (χ4n) is 1.93. The van der Waals surface area contributed by atoms with Crippen molar-refractivity contribution in [2.24, 2.45) is 0 Å². The monoisotopic (exact) mass is 260 g/mol. The first kappa shape index (κ1) is 12.0. The van der Waals surface area contributed by atoms with Crippen LogP contribution in [0.4, 0.5) is 0 Å². The van der Waals surface area contributed by atoms with Gasteiger partial charge in [-0.15, -0.1) is 11.3 Å². The summed E-state index contributed by atoms with van der Waals surface area (Å²) < 4.78 is 26.8. The van der Waals surface area contributed by atoms with Crippen molar-refractivity contribution in [3.05, 3.63) is 17.5 Å². The van der Waals surface area contributed by atoms with Gasteiger partial charge in [-0.25, -0.2) is 8.42 Å². The molecular formula is C10H16N2O2S2. The maximum atomic E-state index is 12.4. The van der Waals surface area contributed by atoms with Crippen LogP contribution in [-0.4, -0.2) is 37.9 Å². The van der Waals surface area contributed by atoms with Gasteiger partial charge in [-0.3, -0.25) is 0 Å². The lowest BCUT2D eigenvalue weighted by Crippen LogP contribution is -2.59. The van der Waals surface area contributed by atoms with E-state index in [1.165, 1.54) is 11.3 Å². The number of nitrogens with zero attached hydrogens (tertiary/aromatic N) is 1. The third-order valence-electron chi connectivity index (χ3n) is 2.76. The molecule has 16 heavy (non-hydrogen) atoms. The molecular weight excluding hydrogens is 244 g/mol. The molecule has 0 aliphatic carbocycles. The fraction of sp³-hybridized carbons (Fsp3) is 0.600. The van der Waals surface area contributed by atoms with Crippen LogP contribution >= 0.6 is 11.3 Å². The molecule has 1 aliphatic heterocycles. The third-order valence-corrected chi connectivity index (χ3v) is 6.25. The molecule has 0 radical (unpaired) electrons. The minimum Gasteiger partial charge on any atom is -0.314 e. The summed E-state index contributed by atoms with van der Waals surface area (Å²) in [5.41, 5.74) is -0.360. The smallest absolute Gasteiger partial charge is 0.253 e. The van der Waals surface area contributed by atoms with Gasteiger partial charge in [-0.1, -0.05) is 6.07 Å². The summed E-state index contributed by atoms with van der Waals surface area (Å²) in [6.45, 7) is 5.84. The Kier molecular flexibility index (Phi) is 3.09. The van der Waals surface area contributed by atoms with Crippen LogP contribution in [0.2, 0.25) is 0 Å². The number of hydrogen-bond acceptors (Lipinski definition) is 4. The van der Waals surface area contributed by atoms with Crippen LogP contribution in [-0.2, 0) is 10.0 Å². The highest BCUT2D eigenvalue weighted by Gasteiger charge is 2.39. The van der Waals surface area contributed by atoms with Gasteiger partial charge in [0.1, 0.15) is 4.21 Å². The van der Waals surface area contributed by atoms with Crippen LogP contribution in [0.25, 0.3) is 0 Å². The van der Waals surface area contributed by atoms with Gasteiger partial charge in [-0.2, -0.15) is 4.31 Å². The van der Waals surface area contributed by atoms with E-state index >= 15 is 0 Å². The van der Waals surface area contributed by atoms with E-state index in [1.54, 1.807) is 21.8 Å². The quantitative estimate of drug-likeness (QED) is 0.867. The molecule has 1 aromatic rings. The summed E-state index contributed by atoms with van der Waals surface area (Å²) in [6, 6.07) is 3.44. The highest BCUT2D eigenvalue weighted by atomic mass is 32.2. The molecule has 0 aromatic carbocycles. The topological polar surface area (TPSA) is 49.4 Å². The molecule has 0 bridgehead atoms. The van der Waals surface area contributed by atoms with E-state index in [4.69, 9.17) is 0 Å². The van der Waals surface area contributed by atoms with Crippen molar-refractivity contribution in [3.8, 4) is 0 Å². The zero-order valence-corrected chi connectivity index (χ0v) is 11.1. The van der Waals surface area contributed by atoms with Gasteiger partial charge in [0, 0.05) is 25.2 Å². The van der Waals surface area contributed by atoms with Crippen LogP contribution in [0.1, 0.15) is 13.8 Å². The molecule has 1 N–H and O–H groups in total. The Morgan fingerprint density at radius 1 is 1.50 bits per heavy atom. The van der Waals surface area contributed by atoms with Crippen LogP contribution in [0.5, 0.6) is 0 Å². The Balaban J connectivity index is 2.37. The molecule has 90 valence electrons. The molecule has 0 atom stereocenters. The molecule has 2 heterocycles. The largest absolute Gasteiger partial charge is 0.314 e. The standard InChI is InChI=1S/C10H16N2O2S2/c1-10(2)8-11-5-6-12(10)16(13,14)9-4-3-7-15-9/h3-4,7,11H,5-6,8H2,1-2H3. The number of piperazine rings is 1. The molecule has 0 spiro atoms. The first-order valence-electron chi connectivity index (χ1n) is 5.22. The van der Waals surface area contributed by atoms with Gasteiger partial charge in [-0.05, 0) is 25.3 Å². The predicted molar refractivity (Wildman–Crippen MR) is 65.2 cm³/mol. The summed E-state index contributed by atoms with van der Waals surface area (Å²) in [4.78, 5) is 0. The van der Waals surface area contributed by atoms with Crippen molar-refractivity contribution in [1.29, 1.82) is 0 Å². The van der Waals surface area contributed by atoms with Crippen molar-refractivity contribution in [2.75, 3.05) is 19.6 Å². The minimum atomic E-state index is -3.31. The zero-order valence-electron chi connectivity index (χ0n) is 9.43. The number of nitrogens with one attached hydrogen (secondary N) is 1. The summed E-state index contributed by atoms with van der Waals surface area (Å²) >= 11 is 1.27. The van der Waals surface area contributed by atoms with Crippen molar-refractivity contribution in [2.45, 2.75) is 23.6 Å². The number of hydrogen-bond donors (Lipinski definition) is 1. The van der Waals surface area contributed by atoms with Gasteiger partial charge in [0.05, 0.1) is 0 Å². The fourth-order valence-corrected chi connectivity index (χ4v) is 4.82. The van der Waals surface area contributed by atoms with E-state index in [-0.39, 0.29) is 5.54 Å². The highest BCUT2D eigenvalue weighted by Crippen LogP contribution is 2.28. The van der Waals surface area contributed by atoms with Gasteiger partial charge in [0.25, 0.3) is 10.0 Å². The van der Waals surface area contributed by atoms with Gasteiger partial charge >= 0.3 is 0 Å². The molecule has 4 nitrogen and oxygen atoms in total. The van der Waals surface area contributed by atoms with Crippen LogP contribution in [0.15, 0.2) is 21.7 Å². The normalized spacial score (nSPS) is 22.1. The minimum absolute atomic E-state index is 0.360. The van der Waals surface area contributed by atoms with Gasteiger partial charge < -0.3 is 5.32 Å². The molecule has 1 saturated heterocycles. The lowest BCUT2D eigenvalue weighted by Gasteiger charge is -2.41.